The smallest absolute Gasteiger partial charge is 0.335 e. The molecule has 2 aliphatic rings. The minimum atomic E-state index is -0.403. The molecule has 0 saturated heterocycles. The Bertz CT molecular complexity index is 1050. The quantitative estimate of drug-likeness (QED) is 0.689. The molecule has 31 heavy (non-hydrogen) atoms. The first kappa shape index (κ1) is 20.7. The number of hydrogen-bond acceptors (Lipinski definition) is 6. The second-order valence-electron chi connectivity index (χ2n) is 7.63. The number of ketones is 1. The lowest BCUT2D eigenvalue weighted by Crippen LogP contribution is -2.31. The molecule has 2 aromatic carbocycles. The topological polar surface area (TPSA) is 65.1 Å². The van der Waals surface area contributed by atoms with Crippen LogP contribution in [0.2, 0.25) is 0 Å². The zero-order valence-corrected chi connectivity index (χ0v) is 17.9. The Balaban J connectivity index is 1.81. The Morgan fingerprint density at radius 1 is 1.00 bits per heavy atom. The number of fused-ring (bicyclic) bond motifs is 1. The first-order valence-electron chi connectivity index (χ1n) is 10.1. The van der Waals surface area contributed by atoms with Crippen LogP contribution in [0.15, 0.2) is 65.8 Å². The number of anilines is 1. The molecule has 4 rings (SSSR count). The highest BCUT2D eigenvalue weighted by atomic mass is 16.5. The van der Waals surface area contributed by atoms with E-state index in [2.05, 4.69) is 4.90 Å². The van der Waals surface area contributed by atoms with Crippen molar-refractivity contribution in [3.05, 3.63) is 71.3 Å². The molecule has 2 aromatic rings. The van der Waals surface area contributed by atoms with Gasteiger partial charge in [-0.1, -0.05) is 30.3 Å². The molecule has 1 aliphatic heterocycles. The highest BCUT2D eigenvalue weighted by molar-refractivity contribution is 6.24. The second-order valence-corrected chi connectivity index (χ2v) is 7.63. The average molecular weight is 419 g/mol. The summed E-state index contributed by atoms with van der Waals surface area (Å²) in [6.07, 6.45) is 2.25. The highest BCUT2D eigenvalue weighted by Gasteiger charge is 2.36. The van der Waals surface area contributed by atoms with E-state index in [9.17, 15) is 9.59 Å². The number of rotatable bonds is 5. The van der Waals surface area contributed by atoms with Crippen molar-refractivity contribution < 1.29 is 23.8 Å². The fourth-order valence-electron chi connectivity index (χ4n) is 4.28. The molecule has 0 radical (unpaired) electrons. The van der Waals surface area contributed by atoms with Gasteiger partial charge in [-0.15, -0.1) is 0 Å². The molecule has 1 unspecified atom stereocenters. The fraction of sp³-hybridized carbons (Fsp3) is 0.280. The molecule has 6 nitrogen and oxygen atoms in total. The Morgan fingerprint density at radius 3 is 2.29 bits per heavy atom. The van der Waals surface area contributed by atoms with Gasteiger partial charge < -0.3 is 19.1 Å². The second kappa shape index (κ2) is 8.68. The molecule has 160 valence electrons. The lowest BCUT2D eigenvalue weighted by atomic mass is 9.96. The van der Waals surface area contributed by atoms with Crippen molar-refractivity contribution in [1.29, 1.82) is 0 Å². The van der Waals surface area contributed by atoms with Gasteiger partial charge in [0.05, 0.1) is 33.4 Å². The van der Waals surface area contributed by atoms with Crippen molar-refractivity contribution in [3.8, 4) is 11.5 Å². The number of allylic oxidation sites excluding steroid dienone is 2. The van der Waals surface area contributed by atoms with Crippen LogP contribution >= 0.6 is 0 Å². The van der Waals surface area contributed by atoms with Gasteiger partial charge in [0.2, 0.25) is 0 Å². The van der Waals surface area contributed by atoms with E-state index in [1.807, 2.05) is 48.5 Å². The average Bonchev–Trinajstić information content (AvgIpc) is 2.99. The van der Waals surface area contributed by atoms with E-state index in [0.717, 1.165) is 16.8 Å². The monoisotopic (exact) mass is 419 g/mol. The summed E-state index contributed by atoms with van der Waals surface area (Å²) in [6.45, 7) is 0.948. The summed E-state index contributed by atoms with van der Waals surface area (Å²) in [7, 11) is 4.57. The van der Waals surface area contributed by atoms with Crippen molar-refractivity contribution in [2.75, 3.05) is 39.3 Å². The Morgan fingerprint density at radius 2 is 1.68 bits per heavy atom. The first-order valence-corrected chi connectivity index (χ1v) is 10.1. The molecule has 0 spiro atoms. The lowest BCUT2D eigenvalue weighted by Gasteiger charge is -2.27. The van der Waals surface area contributed by atoms with Crippen molar-refractivity contribution in [2.45, 2.75) is 6.42 Å². The van der Waals surface area contributed by atoms with Gasteiger partial charge in [0, 0.05) is 48.3 Å². The minimum Gasteiger partial charge on any atom is -0.497 e. The molecule has 6 heteroatoms. The normalized spacial score (nSPS) is 18.3. The van der Waals surface area contributed by atoms with Crippen molar-refractivity contribution in [1.82, 2.24) is 0 Å². The van der Waals surface area contributed by atoms with Crippen LogP contribution in [0.25, 0.3) is 5.57 Å². The Hall–Kier alpha value is -3.54. The molecule has 0 fully saturated rings. The number of esters is 1. The Labute approximate surface area is 181 Å². The van der Waals surface area contributed by atoms with E-state index in [1.54, 1.807) is 20.3 Å². The van der Waals surface area contributed by atoms with E-state index in [0.29, 0.717) is 42.2 Å². The third kappa shape index (κ3) is 4.06. The van der Waals surface area contributed by atoms with Crippen LogP contribution in [0.3, 0.4) is 0 Å². The van der Waals surface area contributed by atoms with E-state index >= 15 is 0 Å². The maximum Gasteiger partial charge on any atom is 0.335 e. The molecule has 1 aliphatic carbocycles. The SMILES string of the molecule is COC(=O)C1=CC2=C(c3ccccc3)C(=O)CC2CN(c2cc(OC)cc(OC)c2)C1. The van der Waals surface area contributed by atoms with Gasteiger partial charge in [-0.05, 0) is 17.2 Å². The molecule has 1 atom stereocenters. The van der Waals surface area contributed by atoms with Gasteiger partial charge in [-0.2, -0.15) is 0 Å². The number of hydrogen-bond donors (Lipinski definition) is 0. The highest BCUT2D eigenvalue weighted by Crippen LogP contribution is 2.40. The predicted octanol–water partition coefficient (Wildman–Crippen LogP) is 3.67. The third-order valence-corrected chi connectivity index (χ3v) is 5.78. The van der Waals surface area contributed by atoms with Crippen molar-refractivity contribution >= 4 is 23.0 Å². The van der Waals surface area contributed by atoms with Crippen LogP contribution in [-0.4, -0.2) is 46.2 Å². The third-order valence-electron chi connectivity index (χ3n) is 5.78. The molecule has 0 N–H and O–H groups in total. The fourth-order valence-corrected chi connectivity index (χ4v) is 4.28. The molecule has 1 heterocycles. The zero-order chi connectivity index (χ0) is 22.0. The molecule has 0 saturated carbocycles. The largest absolute Gasteiger partial charge is 0.497 e. The molecular formula is C25H25NO5. The number of Topliss-reactive ketones (excluding diaryl/α,β-unsaturated/α-hetero) is 1. The number of methoxy groups -OCH3 is 3. The van der Waals surface area contributed by atoms with Crippen LogP contribution in [-0.2, 0) is 14.3 Å². The lowest BCUT2D eigenvalue weighted by molar-refractivity contribution is -0.136. The number of carbonyl (C=O) groups is 2. The summed E-state index contributed by atoms with van der Waals surface area (Å²) in [4.78, 5) is 27.6. The predicted molar refractivity (Wildman–Crippen MR) is 118 cm³/mol. The van der Waals surface area contributed by atoms with Crippen LogP contribution in [0.1, 0.15) is 12.0 Å². The van der Waals surface area contributed by atoms with Crippen LogP contribution in [0, 0.1) is 5.92 Å². The summed E-state index contributed by atoms with van der Waals surface area (Å²) in [5.41, 5.74) is 3.82. The summed E-state index contributed by atoms with van der Waals surface area (Å²) in [5.74, 6) is 0.981. The number of carbonyl (C=O) groups excluding carboxylic acids is 2. The summed E-state index contributed by atoms with van der Waals surface area (Å²) >= 11 is 0. The zero-order valence-electron chi connectivity index (χ0n) is 17.9. The van der Waals surface area contributed by atoms with Gasteiger partial charge in [0.25, 0.3) is 0 Å². The minimum absolute atomic E-state index is 0.0259. The van der Waals surface area contributed by atoms with Crippen molar-refractivity contribution in [3.63, 3.8) is 0 Å². The Kier molecular flexibility index (Phi) is 5.80. The molecule has 0 bridgehead atoms. The van der Waals surface area contributed by atoms with Crippen LogP contribution in [0.4, 0.5) is 5.69 Å². The van der Waals surface area contributed by atoms with Crippen LogP contribution < -0.4 is 14.4 Å². The molecular weight excluding hydrogens is 394 g/mol. The van der Waals surface area contributed by atoms with Crippen LogP contribution in [0.5, 0.6) is 11.5 Å². The number of benzene rings is 2. The van der Waals surface area contributed by atoms with E-state index in [-0.39, 0.29) is 11.7 Å². The number of ether oxygens (including phenoxy) is 3. The first-order chi connectivity index (χ1) is 15.0. The van der Waals surface area contributed by atoms with Gasteiger partial charge >= 0.3 is 5.97 Å². The molecule has 0 aromatic heterocycles. The van der Waals surface area contributed by atoms with Gasteiger partial charge in [-0.3, -0.25) is 4.79 Å². The standard InChI is InChI=1S/C25H25NO5/c1-29-20-11-19(12-21(13-20)30-2)26-14-17-10-23(27)24(16-7-5-4-6-8-16)22(17)9-18(15-26)25(28)31-3/h4-9,11-13,17H,10,14-15H2,1-3H3. The van der Waals surface area contributed by atoms with Gasteiger partial charge in [-0.25, -0.2) is 4.79 Å². The van der Waals surface area contributed by atoms with E-state index in [4.69, 9.17) is 14.2 Å². The number of nitrogens with zero attached hydrogens (tertiary/aromatic N) is 1. The maximum absolute atomic E-state index is 13.0. The van der Waals surface area contributed by atoms with E-state index in [1.165, 1.54) is 7.11 Å². The summed E-state index contributed by atoms with van der Waals surface area (Å²) in [5, 5.41) is 0. The van der Waals surface area contributed by atoms with Gasteiger partial charge in [0.15, 0.2) is 5.78 Å². The maximum atomic E-state index is 13.0. The van der Waals surface area contributed by atoms with E-state index < -0.39 is 5.97 Å². The summed E-state index contributed by atoms with van der Waals surface area (Å²) < 4.78 is 15.9. The molecule has 0 amide bonds. The summed E-state index contributed by atoms with van der Waals surface area (Å²) in [6, 6.07) is 15.2. The van der Waals surface area contributed by atoms with Gasteiger partial charge in [0.1, 0.15) is 11.5 Å². The van der Waals surface area contributed by atoms with Crippen molar-refractivity contribution in [2.24, 2.45) is 5.92 Å².